The molecule has 0 aliphatic carbocycles. The molecule has 0 spiro atoms. The number of para-hydroxylation sites is 1. The van der Waals surface area contributed by atoms with Gasteiger partial charge in [0.15, 0.2) is 0 Å². The Morgan fingerprint density at radius 3 is 2.21 bits per heavy atom. The molecule has 0 saturated carbocycles. The summed E-state index contributed by atoms with van der Waals surface area (Å²) in [4.78, 5) is 5.94. The Bertz CT molecular complexity index is 798. The van der Waals surface area contributed by atoms with E-state index < -0.39 is 6.35 Å². The molecule has 0 fully saturated rings. The van der Waals surface area contributed by atoms with Gasteiger partial charge in [-0.25, -0.2) is 4.99 Å². The number of aliphatic hydroxyl groups excluding tert-OH is 1. The number of fused-ring (bicyclic) bond motifs is 1. The van der Waals surface area contributed by atoms with Crippen LogP contribution in [0.25, 0.3) is 0 Å². The molecule has 0 saturated heterocycles. The molecule has 1 unspecified atom stereocenters. The maximum Gasteiger partial charge on any atom is 0.231 e. The molecule has 1 aliphatic heterocycles. The SMILES string of the molecule is CCc1cccc(CC)c1N1c2cc(Cl)c(Cl)cc2C(Cl)=NC1O. The number of benzene rings is 2. The standard InChI is InChI=1S/C18H17Cl3N2O/c1-3-10-6-5-7-11(4-2)16(10)23-15-9-14(20)13(19)8-12(15)17(21)22-18(23)24/h5-9,18,24H,3-4H2,1-2H3. The highest BCUT2D eigenvalue weighted by Crippen LogP contribution is 2.42. The van der Waals surface area contributed by atoms with Gasteiger partial charge in [-0.15, -0.1) is 0 Å². The van der Waals surface area contributed by atoms with Crippen molar-refractivity contribution in [2.75, 3.05) is 4.90 Å². The molecule has 3 nitrogen and oxygen atoms in total. The minimum atomic E-state index is -1.11. The minimum Gasteiger partial charge on any atom is -0.355 e. The summed E-state index contributed by atoms with van der Waals surface area (Å²) in [5.41, 5.74) is 4.55. The van der Waals surface area contributed by atoms with Crippen molar-refractivity contribution in [3.05, 3.63) is 57.1 Å². The number of halogens is 3. The van der Waals surface area contributed by atoms with E-state index in [4.69, 9.17) is 34.8 Å². The number of aryl methyl sites for hydroxylation is 2. The van der Waals surface area contributed by atoms with Gasteiger partial charge in [-0.2, -0.15) is 0 Å². The Morgan fingerprint density at radius 1 is 1.04 bits per heavy atom. The van der Waals surface area contributed by atoms with Gasteiger partial charge < -0.3 is 5.11 Å². The maximum absolute atomic E-state index is 10.6. The first kappa shape index (κ1) is 17.6. The van der Waals surface area contributed by atoms with Crippen LogP contribution in [-0.4, -0.2) is 16.6 Å². The van der Waals surface area contributed by atoms with E-state index in [1.807, 2.05) is 6.07 Å². The zero-order chi connectivity index (χ0) is 17.4. The van der Waals surface area contributed by atoms with E-state index in [9.17, 15) is 5.11 Å². The predicted octanol–water partition coefficient (Wildman–Crippen LogP) is 5.53. The van der Waals surface area contributed by atoms with Crippen molar-refractivity contribution >= 4 is 51.3 Å². The van der Waals surface area contributed by atoms with Crippen molar-refractivity contribution in [2.24, 2.45) is 4.99 Å². The van der Waals surface area contributed by atoms with Crippen LogP contribution in [0.5, 0.6) is 0 Å². The number of nitrogens with zero attached hydrogens (tertiary/aromatic N) is 2. The van der Waals surface area contributed by atoms with Crippen molar-refractivity contribution in [1.82, 2.24) is 0 Å². The second-order valence-electron chi connectivity index (χ2n) is 5.55. The topological polar surface area (TPSA) is 35.8 Å². The second kappa shape index (κ2) is 6.93. The lowest BCUT2D eigenvalue weighted by Gasteiger charge is -2.35. The molecule has 1 aliphatic rings. The molecule has 2 aromatic rings. The lowest BCUT2D eigenvalue weighted by atomic mass is 10.00. The minimum absolute atomic E-state index is 0.222. The molecule has 24 heavy (non-hydrogen) atoms. The number of aliphatic hydroxyl groups is 1. The van der Waals surface area contributed by atoms with Gasteiger partial charge in [0.2, 0.25) is 6.35 Å². The van der Waals surface area contributed by atoms with Crippen LogP contribution in [0.1, 0.15) is 30.5 Å². The summed E-state index contributed by atoms with van der Waals surface area (Å²) < 4.78 is 0. The van der Waals surface area contributed by atoms with Gasteiger partial charge in [-0.1, -0.05) is 66.8 Å². The zero-order valence-corrected chi connectivity index (χ0v) is 15.6. The van der Waals surface area contributed by atoms with Crippen LogP contribution < -0.4 is 4.90 Å². The van der Waals surface area contributed by atoms with Gasteiger partial charge in [0, 0.05) is 5.56 Å². The van der Waals surface area contributed by atoms with Crippen LogP contribution in [0.2, 0.25) is 10.0 Å². The van der Waals surface area contributed by atoms with E-state index in [0.29, 0.717) is 21.3 Å². The molecule has 6 heteroatoms. The largest absolute Gasteiger partial charge is 0.355 e. The molecule has 3 rings (SSSR count). The Morgan fingerprint density at radius 2 is 1.62 bits per heavy atom. The number of hydrogen-bond acceptors (Lipinski definition) is 3. The first-order chi connectivity index (χ1) is 11.5. The van der Waals surface area contributed by atoms with Crippen molar-refractivity contribution in [1.29, 1.82) is 0 Å². The lowest BCUT2D eigenvalue weighted by molar-refractivity contribution is 0.190. The van der Waals surface area contributed by atoms with Crippen molar-refractivity contribution in [3.63, 3.8) is 0 Å². The van der Waals surface area contributed by atoms with E-state index in [-0.39, 0.29) is 5.17 Å². The Hall–Kier alpha value is -1.26. The summed E-state index contributed by atoms with van der Waals surface area (Å²) in [5, 5.41) is 11.6. The fourth-order valence-corrected chi connectivity index (χ4v) is 3.57. The van der Waals surface area contributed by atoms with Gasteiger partial charge in [0.1, 0.15) is 5.17 Å². The Kier molecular flexibility index (Phi) is 5.07. The molecule has 0 bridgehead atoms. The fourth-order valence-electron chi connectivity index (χ4n) is 3.01. The van der Waals surface area contributed by atoms with E-state index in [1.54, 1.807) is 17.0 Å². The summed E-state index contributed by atoms with van der Waals surface area (Å²) in [6.45, 7) is 4.17. The smallest absolute Gasteiger partial charge is 0.231 e. The van der Waals surface area contributed by atoms with Gasteiger partial charge in [0.05, 0.1) is 21.4 Å². The molecule has 126 valence electrons. The van der Waals surface area contributed by atoms with Crippen LogP contribution >= 0.6 is 34.8 Å². The van der Waals surface area contributed by atoms with Crippen LogP contribution in [0.4, 0.5) is 11.4 Å². The third-order valence-corrected chi connectivity index (χ3v) is 5.21. The monoisotopic (exact) mass is 382 g/mol. The van der Waals surface area contributed by atoms with E-state index in [0.717, 1.165) is 29.7 Å². The molecule has 1 heterocycles. The first-order valence-electron chi connectivity index (χ1n) is 7.78. The highest BCUT2D eigenvalue weighted by molar-refractivity contribution is 6.70. The summed E-state index contributed by atoms with van der Waals surface area (Å²) in [6, 6.07) is 9.55. The van der Waals surface area contributed by atoms with E-state index >= 15 is 0 Å². The van der Waals surface area contributed by atoms with Gasteiger partial charge in [-0.05, 0) is 36.1 Å². The molecule has 1 atom stereocenters. The second-order valence-corrected chi connectivity index (χ2v) is 6.72. The normalized spacial score (nSPS) is 16.8. The third-order valence-electron chi connectivity index (χ3n) is 4.19. The Balaban J connectivity index is 2.29. The van der Waals surface area contributed by atoms with E-state index in [2.05, 4.69) is 31.0 Å². The molecule has 1 N–H and O–H groups in total. The Labute approximate surface area is 156 Å². The van der Waals surface area contributed by atoms with Gasteiger partial charge in [0.25, 0.3) is 0 Å². The maximum atomic E-state index is 10.6. The number of aliphatic imine (C=N–C) groups is 1. The lowest BCUT2D eigenvalue weighted by Crippen LogP contribution is -2.35. The summed E-state index contributed by atoms with van der Waals surface area (Å²) in [6.07, 6.45) is 0.557. The summed E-state index contributed by atoms with van der Waals surface area (Å²) in [7, 11) is 0. The summed E-state index contributed by atoms with van der Waals surface area (Å²) >= 11 is 18.6. The molecule has 0 amide bonds. The van der Waals surface area contributed by atoms with Gasteiger partial charge in [-0.3, -0.25) is 4.90 Å². The average molecular weight is 384 g/mol. The molecule has 2 aromatic carbocycles. The molecular formula is C18H17Cl3N2O. The van der Waals surface area contributed by atoms with Crippen LogP contribution in [0.15, 0.2) is 35.3 Å². The predicted molar refractivity (Wildman–Crippen MR) is 102 cm³/mol. The number of anilines is 2. The van der Waals surface area contributed by atoms with Crippen molar-refractivity contribution < 1.29 is 5.11 Å². The van der Waals surface area contributed by atoms with Crippen LogP contribution in [0.3, 0.4) is 0 Å². The summed E-state index contributed by atoms with van der Waals surface area (Å²) in [5.74, 6) is 0. The average Bonchev–Trinajstić information content (AvgIpc) is 2.56. The molecule has 0 aromatic heterocycles. The van der Waals surface area contributed by atoms with Gasteiger partial charge >= 0.3 is 0 Å². The third kappa shape index (κ3) is 2.91. The zero-order valence-electron chi connectivity index (χ0n) is 13.4. The van der Waals surface area contributed by atoms with E-state index in [1.165, 1.54) is 0 Å². The van der Waals surface area contributed by atoms with Crippen molar-refractivity contribution in [2.45, 2.75) is 33.0 Å². The fraction of sp³-hybridized carbons (Fsp3) is 0.278. The molecule has 0 radical (unpaired) electrons. The molecular weight excluding hydrogens is 367 g/mol. The quantitative estimate of drug-likeness (QED) is 0.756. The number of hydrogen-bond donors (Lipinski definition) is 1. The van der Waals surface area contributed by atoms with Crippen LogP contribution in [-0.2, 0) is 12.8 Å². The first-order valence-corrected chi connectivity index (χ1v) is 8.92. The van der Waals surface area contributed by atoms with Crippen molar-refractivity contribution in [3.8, 4) is 0 Å². The highest BCUT2D eigenvalue weighted by atomic mass is 35.5. The van der Waals surface area contributed by atoms with Crippen LogP contribution in [0, 0.1) is 0 Å². The highest BCUT2D eigenvalue weighted by Gasteiger charge is 2.30. The number of rotatable bonds is 3.